The van der Waals surface area contributed by atoms with Gasteiger partial charge in [-0.3, -0.25) is 9.59 Å². The van der Waals surface area contributed by atoms with Gasteiger partial charge in [-0.1, -0.05) is 30.8 Å². The first-order valence-electron chi connectivity index (χ1n) is 9.50. The molecule has 2 aliphatic rings. The van der Waals surface area contributed by atoms with Crippen molar-refractivity contribution in [2.24, 2.45) is 0 Å². The molecule has 144 valence electrons. The zero-order valence-electron chi connectivity index (χ0n) is 15.8. The van der Waals surface area contributed by atoms with Gasteiger partial charge in [0.2, 0.25) is 0 Å². The van der Waals surface area contributed by atoms with E-state index in [1.807, 2.05) is 24.3 Å². The molecule has 0 spiro atoms. The van der Waals surface area contributed by atoms with Crippen LogP contribution in [0.4, 0.5) is 0 Å². The Morgan fingerprint density at radius 3 is 1.85 bits per heavy atom. The van der Waals surface area contributed by atoms with Crippen LogP contribution in [0, 0.1) is 0 Å². The average molecular weight is 370 g/mol. The lowest BCUT2D eigenvalue weighted by Crippen LogP contribution is -2.37. The zero-order valence-corrected chi connectivity index (χ0v) is 15.8. The highest BCUT2D eigenvalue weighted by molar-refractivity contribution is 5.87. The van der Waals surface area contributed by atoms with Crippen molar-refractivity contribution >= 4 is 17.5 Å². The summed E-state index contributed by atoms with van der Waals surface area (Å²) in [6, 6.07) is 7.42. The van der Waals surface area contributed by atoms with Crippen LogP contribution in [0.1, 0.15) is 69.4 Å². The van der Waals surface area contributed by atoms with Gasteiger partial charge in [0.05, 0.1) is 5.60 Å². The van der Waals surface area contributed by atoms with Gasteiger partial charge in [0, 0.05) is 31.3 Å². The number of carbonyl (C=O) groups excluding carboxylic acids is 3. The van der Waals surface area contributed by atoms with E-state index < -0.39 is 17.2 Å². The lowest BCUT2D eigenvalue weighted by atomic mass is 9.76. The van der Waals surface area contributed by atoms with Crippen LogP contribution in [-0.2, 0) is 30.3 Å². The van der Waals surface area contributed by atoms with Crippen molar-refractivity contribution < 1.29 is 24.2 Å². The summed E-state index contributed by atoms with van der Waals surface area (Å²) >= 11 is 0. The zero-order chi connectivity index (χ0) is 19.7. The Hall–Kier alpha value is -2.27. The summed E-state index contributed by atoms with van der Waals surface area (Å²) in [5.41, 5.74) is 0.0874. The van der Waals surface area contributed by atoms with Crippen molar-refractivity contribution in [3.05, 3.63) is 47.5 Å². The highest BCUT2D eigenvalue weighted by atomic mass is 16.6. The molecular weight excluding hydrogens is 344 g/mol. The van der Waals surface area contributed by atoms with E-state index in [1.165, 1.54) is 0 Å². The number of hydrogen-bond donors (Lipinski definition) is 1. The first-order valence-corrected chi connectivity index (χ1v) is 9.50. The van der Waals surface area contributed by atoms with E-state index in [1.54, 1.807) is 6.92 Å². The lowest BCUT2D eigenvalue weighted by Gasteiger charge is -2.37. The van der Waals surface area contributed by atoms with E-state index in [9.17, 15) is 19.5 Å². The highest BCUT2D eigenvalue weighted by Gasteiger charge is 2.41. The van der Waals surface area contributed by atoms with Gasteiger partial charge in [-0.15, -0.1) is 0 Å². The van der Waals surface area contributed by atoms with E-state index in [0.717, 1.165) is 11.1 Å². The fraction of sp³-hybridized carbons (Fsp3) is 0.500. The molecule has 0 bridgehead atoms. The van der Waals surface area contributed by atoms with E-state index in [2.05, 4.69) is 6.58 Å². The Balaban J connectivity index is 1.87. The molecule has 0 atom stereocenters. The van der Waals surface area contributed by atoms with Crippen molar-refractivity contribution in [2.75, 3.05) is 0 Å². The van der Waals surface area contributed by atoms with Crippen molar-refractivity contribution in [3.63, 3.8) is 0 Å². The summed E-state index contributed by atoms with van der Waals surface area (Å²) in [6.07, 6.45) is 3.27. The highest BCUT2D eigenvalue weighted by Crippen LogP contribution is 2.42. The molecule has 2 aliphatic carbocycles. The number of aliphatic hydroxyl groups is 1. The van der Waals surface area contributed by atoms with Gasteiger partial charge in [0.15, 0.2) is 0 Å². The van der Waals surface area contributed by atoms with E-state index >= 15 is 0 Å². The molecule has 0 radical (unpaired) electrons. The molecule has 1 aromatic rings. The van der Waals surface area contributed by atoms with Crippen LogP contribution in [0.5, 0.6) is 0 Å². The lowest BCUT2D eigenvalue weighted by molar-refractivity contribution is -0.162. The van der Waals surface area contributed by atoms with E-state index in [0.29, 0.717) is 56.9 Å². The molecule has 0 unspecified atom stereocenters. The second-order valence-corrected chi connectivity index (χ2v) is 7.85. The fourth-order valence-corrected chi connectivity index (χ4v) is 3.96. The van der Waals surface area contributed by atoms with Gasteiger partial charge in [-0.05, 0) is 43.7 Å². The smallest absolute Gasteiger partial charge is 0.333 e. The topological polar surface area (TPSA) is 80.7 Å². The van der Waals surface area contributed by atoms with Gasteiger partial charge in [-0.2, -0.15) is 0 Å². The van der Waals surface area contributed by atoms with E-state index in [4.69, 9.17) is 4.74 Å². The van der Waals surface area contributed by atoms with Crippen molar-refractivity contribution in [1.82, 2.24) is 0 Å². The third-order valence-corrected chi connectivity index (χ3v) is 5.84. The molecule has 5 nitrogen and oxygen atoms in total. The summed E-state index contributed by atoms with van der Waals surface area (Å²) in [5.74, 6) is -0.0959. The Labute approximate surface area is 159 Å². The van der Waals surface area contributed by atoms with Crippen LogP contribution in [0.2, 0.25) is 0 Å². The predicted molar refractivity (Wildman–Crippen MR) is 99.9 cm³/mol. The normalized spacial score (nSPS) is 21.6. The molecule has 3 rings (SSSR count). The maximum absolute atomic E-state index is 12.2. The maximum Gasteiger partial charge on any atom is 0.333 e. The van der Waals surface area contributed by atoms with Crippen LogP contribution in [0.3, 0.4) is 0 Å². The Morgan fingerprint density at radius 1 is 0.926 bits per heavy atom. The number of benzene rings is 1. The molecule has 1 N–H and O–H groups in total. The summed E-state index contributed by atoms with van der Waals surface area (Å²) in [4.78, 5) is 35.4. The summed E-state index contributed by atoms with van der Waals surface area (Å²) in [6.45, 7) is 5.25. The van der Waals surface area contributed by atoms with Gasteiger partial charge < -0.3 is 9.84 Å². The molecule has 0 aliphatic heterocycles. The Morgan fingerprint density at radius 2 is 1.37 bits per heavy atom. The third-order valence-electron chi connectivity index (χ3n) is 5.84. The van der Waals surface area contributed by atoms with Crippen LogP contribution < -0.4 is 0 Å². The maximum atomic E-state index is 12.2. The number of hydrogen-bond acceptors (Lipinski definition) is 5. The van der Waals surface area contributed by atoms with Gasteiger partial charge in [0.1, 0.15) is 17.2 Å². The molecule has 2 fully saturated rings. The largest absolute Gasteiger partial charge is 0.451 e. The summed E-state index contributed by atoms with van der Waals surface area (Å²) in [7, 11) is 0. The molecule has 1 aromatic carbocycles. The molecular formula is C22H26O5. The van der Waals surface area contributed by atoms with Crippen molar-refractivity contribution in [1.29, 1.82) is 0 Å². The first-order chi connectivity index (χ1) is 12.7. The average Bonchev–Trinajstić information content (AvgIpc) is 2.66. The van der Waals surface area contributed by atoms with Gasteiger partial charge in [0.25, 0.3) is 0 Å². The summed E-state index contributed by atoms with van der Waals surface area (Å²) in [5, 5.41) is 10.9. The van der Waals surface area contributed by atoms with Crippen LogP contribution in [-0.4, -0.2) is 22.6 Å². The third kappa shape index (κ3) is 4.03. The summed E-state index contributed by atoms with van der Waals surface area (Å²) < 4.78 is 5.80. The number of rotatable bonds is 4. The second kappa shape index (κ2) is 7.39. The van der Waals surface area contributed by atoms with Gasteiger partial charge in [-0.25, -0.2) is 4.79 Å². The molecule has 0 aromatic heterocycles. The number of carbonyl (C=O) groups is 3. The quantitative estimate of drug-likeness (QED) is 0.648. The van der Waals surface area contributed by atoms with Crippen LogP contribution >= 0.6 is 0 Å². The number of ketones is 2. The number of ether oxygens (including phenoxy) is 1. The molecule has 0 heterocycles. The number of esters is 1. The number of Topliss-reactive ketones (excluding diaryl/α,β-unsaturated/α-hetero) is 2. The fourth-order valence-electron chi connectivity index (χ4n) is 3.96. The van der Waals surface area contributed by atoms with Crippen LogP contribution in [0.25, 0.3) is 0 Å². The molecule has 0 saturated heterocycles. The van der Waals surface area contributed by atoms with Crippen LogP contribution in [0.15, 0.2) is 36.4 Å². The minimum atomic E-state index is -0.990. The molecule has 2 saturated carbocycles. The standard InChI is InChI=1S/C22H26O5/c1-15(2)20(25)27-22(13-9-19(24)10-14-22)17-5-3-16(4-6-17)21(26)11-7-18(23)8-12-21/h3-6,26H,1,7-14H2,2H3. The molecule has 5 heteroatoms. The minimum absolute atomic E-state index is 0.176. The second-order valence-electron chi connectivity index (χ2n) is 7.85. The first kappa shape index (κ1) is 19.5. The minimum Gasteiger partial charge on any atom is -0.451 e. The van der Waals surface area contributed by atoms with Crippen molar-refractivity contribution in [3.8, 4) is 0 Å². The SMILES string of the molecule is C=C(C)C(=O)OC1(c2ccc(C3(O)CCC(=O)CC3)cc2)CCC(=O)CC1. The van der Waals surface area contributed by atoms with E-state index in [-0.39, 0.29) is 11.6 Å². The molecule has 0 amide bonds. The van der Waals surface area contributed by atoms with Gasteiger partial charge >= 0.3 is 5.97 Å². The van der Waals surface area contributed by atoms with Crippen molar-refractivity contribution in [2.45, 2.75) is 69.5 Å². The Bertz CT molecular complexity index is 754. The predicted octanol–water partition coefficient (Wildman–Crippen LogP) is 3.48. The molecule has 27 heavy (non-hydrogen) atoms. The monoisotopic (exact) mass is 370 g/mol. The Kier molecular flexibility index (Phi) is 5.33.